The summed E-state index contributed by atoms with van der Waals surface area (Å²) < 4.78 is 39.8. The highest BCUT2D eigenvalue weighted by Crippen LogP contribution is 2.32. The summed E-state index contributed by atoms with van der Waals surface area (Å²) >= 11 is 2.96. The van der Waals surface area contributed by atoms with Crippen LogP contribution in [0.1, 0.15) is 11.5 Å². The fourth-order valence-corrected chi connectivity index (χ4v) is 1.56. The molecule has 1 unspecified atom stereocenters. The quantitative estimate of drug-likeness (QED) is 0.928. The second-order valence-electron chi connectivity index (χ2n) is 3.12. The van der Waals surface area contributed by atoms with Crippen molar-refractivity contribution >= 4 is 15.9 Å². The normalized spacial score (nSPS) is 13.6. The molecule has 1 rings (SSSR count). The van der Waals surface area contributed by atoms with Crippen LogP contribution >= 0.6 is 15.9 Å². The first-order chi connectivity index (χ1) is 7.33. The van der Waals surface area contributed by atoms with Crippen LogP contribution in [0.3, 0.4) is 0 Å². The Kier molecular flexibility index (Phi) is 4.21. The van der Waals surface area contributed by atoms with E-state index in [9.17, 15) is 13.2 Å². The van der Waals surface area contributed by atoms with Crippen LogP contribution in [0.4, 0.5) is 13.2 Å². The maximum atomic E-state index is 12.0. The number of hydrogen-bond donors (Lipinski definition) is 1. The monoisotopic (exact) mass is 297 g/mol. The van der Waals surface area contributed by atoms with Crippen molar-refractivity contribution < 1.29 is 23.0 Å². The average molecular weight is 298 g/mol. The molecule has 89 valence electrons. The van der Waals surface area contributed by atoms with Crippen LogP contribution in [-0.2, 0) is 0 Å². The van der Waals surface area contributed by atoms with Gasteiger partial charge >= 0.3 is 6.36 Å². The predicted octanol–water partition coefficient (Wildman–Crippen LogP) is 3.26. The lowest BCUT2D eigenvalue weighted by molar-refractivity contribution is -0.274. The molecule has 16 heavy (non-hydrogen) atoms. The van der Waals surface area contributed by atoms with Crippen LogP contribution in [0.25, 0.3) is 0 Å². The second kappa shape index (κ2) is 5.05. The van der Waals surface area contributed by atoms with E-state index in [0.717, 1.165) is 0 Å². The molecule has 6 heteroatoms. The summed E-state index contributed by atoms with van der Waals surface area (Å²) in [6, 6.07) is 4.05. The maximum absolute atomic E-state index is 12.0. The SMILES string of the molecule is [CH2]C(CO)c1ccc(OC(F)(F)F)c(Br)c1. The number of halogens is 4. The lowest BCUT2D eigenvalue weighted by Gasteiger charge is -2.13. The first-order valence-corrected chi connectivity index (χ1v) is 5.12. The Morgan fingerprint density at radius 1 is 1.44 bits per heavy atom. The number of alkyl halides is 3. The third kappa shape index (κ3) is 3.68. The lowest BCUT2D eigenvalue weighted by Crippen LogP contribution is -2.17. The van der Waals surface area contributed by atoms with Crippen molar-refractivity contribution in [3.8, 4) is 5.75 Å². The molecule has 0 aliphatic carbocycles. The predicted molar refractivity (Wildman–Crippen MR) is 56.0 cm³/mol. The van der Waals surface area contributed by atoms with Gasteiger partial charge in [-0.3, -0.25) is 0 Å². The third-order valence-electron chi connectivity index (χ3n) is 1.87. The minimum atomic E-state index is -4.72. The van der Waals surface area contributed by atoms with Crippen LogP contribution in [-0.4, -0.2) is 18.1 Å². The van der Waals surface area contributed by atoms with Gasteiger partial charge in [-0.2, -0.15) is 0 Å². The van der Waals surface area contributed by atoms with Gasteiger partial charge in [0.2, 0.25) is 0 Å². The molecule has 1 N–H and O–H groups in total. The van der Waals surface area contributed by atoms with Gasteiger partial charge in [0.05, 0.1) is 4.47 Å². The zero-order valence-electron chi connectivity index (χ0n) is 8.09. The van der Waals surface area contributed by atoms with Gasteiger partial charge in [0, 0.05) is 12.5 Å². The van der Waals surface area contributed by atoms with Gasteiger partial charge in [-0.05, 0) is 40.5 Å². The molecule has 1 atom stereocenters. The van der Waals surface area contributed by atoms with Crippen LogP contribution in [0.2, 0.25) is 0 Å². The molecule has 0 heterocycles. The summed E-state index contributed by atoms with van der Waals surface area (Å²) in [7, 11) is 0. The highest BCUT2D eigenvalue weighted by atomic mass is 79.9. The second-order valence-corrected chi connectivity index (χ2v) is 3.97. The molecule has 1 radical (unpaired) electrons. The molecule has 2 nitrogen and oxygen atoms in total. The lowest BCUT2D eigenvalue weighted by atomic mass is 10.0. The van der Waals surface area contributed by atoms with E-state index in [-0.39, 0.29) is 22.7 Å². The van der Waals surface area contributed by atoms with E-state index < -0.39 is 6.36 Å². The van der Waals surface area contributed by atoms with E-state index in [1.165, 1.54) is 18.2 Å². The van der Waals surface area contributed by atoms with Gasteiger partial charge in [0.25, 0.3) is 0 Å². The molecule has 1 aromatic rings. The van der Waals surface area contributed by atoms with Crippen LogP contribution in [0.5, 0.6) is 5.75 Å². The summed E-state index contributed by atoms with van der Waals surface area (Å²) in [5.41, 5.74) is 0.629. The third-order valence-corrected chi connectivity index (χ3v) is 2.49. The molecule has 0 aromatic heterocycles. The highest BCUT2D eigenvalue weighted by Gasteiger charge is 2.31. The van der Waals surface area contributed by atoms with Gasteiger partial charge in [-0.15, -0.1) is 13.2 Å². The fourth-order valence-electron chi connectivity index (χ4n) is 1.08. The number of hydrogen-bond acceptors (Lipinski definition) is 2. The smallest absolute Gasteiger partial charge is 0.405 e. The topological polar surface area (TPSA) is 29.5 Å². The Morgan fingerprint density at radius 3 is 2.50 bits per heavy atom. The van der Waals surface area contributed by atoms with Gasteiger partial charge in [0.1, 0.15) is 5.75 Å². The van der Waals surface area contributed by atoms with Gasteiger partial charge in [-0.1, -0.05) is 6.07 Å². The van der Waals surface area contributed by atoms with Crippen molar-refractivity contribution in [2.45, 2.75) is 12.3 Å². The highest BCUT2D eigenvalue weighted by molar-refractivity contribution is 9.10. The number of aliphatic hydroxyl groups is 1. The Hall–Kier alpha value is -0.750. The Balaban J connectivity index is 2.92. The largest absolute Gasteiger partial charge is 0.573 e. The molecule has 0 saturated carbocycles. The van der Waals surface area contributed by atoms with Crippen molar-refractivity contribution in [3.63, 3.8) is 0 Å². The first kappa shape index (κ1) is 13.3. The molecular formula is C10H9BrF3O2. The zero-order valence-corrected chi connectivity index (χ0v) is 9.68. The fraction of sp³-hybridized carbons (Fsp3) is 0.300. The molecule has 0 bridgehead atoms. The molecule has 0 saturated heterocycles. The van der Waals surface area contributed by atoms with Crippen LogP contribution in [0, 0.1) is 6.92 Å². The first-order valence-electron chi connectivity index (χ1n) is 4.32. The summed E-state index contributed by atoms with van der Waals surface area (Å²) in [5, 5.41) is 8.85. The standard InChI is InChI=1S/C10H9BrF3O2/c1-6(5-15)7-2-3-9(8(11)4-7)16-10(12,13)14/h2-4,6,15H,1,5H2. The summed E-state index contributed by atoms with van der Waals surface area (Å²) in [6.45, 7) is 3.46. The molecule has 1 aromatic carbocycles. The summed E-state index contributed by atoms with van der Waals surface area (Å²) in [6.07, 6.45) is -4.72. The molecular weight excluding hydrogens is 289 g/mol. The van der Waals surface area contributed by atoms with Gasteiger partial charge < -0.3 is 9.84 Å². The number of ether oxygens (including phenoxy) is 1. The minimum absolute atomic E-state index is 0.171. The summed E-state index contributed by atoms with van der Waals surface area (Å²) in [5.74, 6) is -0.697. The van der Waals surface area contributed by atoms with E-state index in [1.807, 2.05) is 0 Å². The molecule has 0 aliphatic rings. The zero-order chi connectivity index (χ0) is 12.3. The van der Waals surface area contributed by atoms with E-state index in [0.29, 0.717) is 5.56 Å². The van der Waals surface area contributed by atoms with Crippen LogP contribution < -0.4 is 4.74 Å². The van der Waals surface area contributed by atoms with Gasteiger partial charge in [-0.25, -0.2) is 0 Å². The minimum Gasteiger partial charge on any atom is -0.405 e. The van der Waals surface area contributed by atoms with E-state index in [2.05, 4.69) is 27.6 Å². The van der Waals surface area contributed by atoms with Crippen molar-refractivity contribution in [3.05, 3.63) is 35.2 Å². The molecule has 0 amide bonds. The number of benzene rings is 1. The maximum Gasteiger partial charge on any atom is 0.573 e. The van der Waals surface area contributed by atoms with Crippen molar-refractivity contribution in [2.24, 2.45) is 0 Å². The van der Waals surface area contributed by atoms with Gasteiger partial charge in [0.15, 0.2) is 0 Å². The van der Waals surface area contributed by atoms with E-state index >= 15 is 0 Å². The molecule has 0 aliphatic heterocycles. The average Bonchev–Trinajstić information content (AvgIpc) is 2.18. The Bertz CT molecular complexity index is 366. The van der Waals surface area contributed by atoms with Crippen LogP contribution in [0.15, 0.2) is 22.7 Å². The molecule has 0 spiro atoms. The van der Waals surface area contributed by atoms with Crippen molar-refractivity contribution in [1.29, 1.82) is 0 Å². The number of aliphatic hydroxyl groups excluding tert-OH is 1. The number of rotatable bonds is 3. The van der Waals surface area contributed by atoms with Crippen molar-refractivity contribution in [2.75, 3.05) is 6.61 Å². The van der Waals surface area contributed by atoms with E-state index in [1.54, 1.807) is 0 Å². The summed E-state index contributed by atoms with van der Waals surface area (Å²) in [4.78, 5) is 0. The van der Waals surface area contributed by atoms with Crippen molar-refractivity contribution in [1.82, 2.24) is 0 Å². The van der Waals surface area contributed by atoms with E-state index in [4.69, 9.17) is 5.11 Å². The Morgan fingerprint density at radius 2 is 2.06 bits per heavy atom. The Labute approximate surface area is 99.2 Å². The molecule has 0 fully saturated rings.